The van der Waals surface area contributed by atoms with Crippen molar-refractivity contribution in [1.82, 2.24) is 34.5 Å². The summed E-state index contributed by atoms with van der Waals surface area (Å²) in [5.41, 5.74) is 5.54. The van der Waals surface area contributed by atoms with Gasteiger partial charge in [0.2, 0.25) is 0 Å². The lowest BCUT2D eigenvalue weighted by Gasteiger charge is -2.08. The zero-order valence-corrected chi connectivity index (χ0v) is 17.2. The molecule has 4 heterocycles. The first-order chi connectivity index (χ1) is 14.6. The Bertz CT molecular complexity index is 1370. The highest BCUT2D eigenvalue weighted by atomic mass is 35.5. The molecule has 1 aromatic carbocycles. The Hall–Kier alpha value is -3.58. The van der Waals surface area contributed by atoms with Gasteiger partial charge >= 0.3 is 0 Å². The zero-order valence-electron chi connectivity index (χ0n) is 16.5. The van der Waals surface area contributed by atoms with E-state index in [1.54, 1.807) is 21.8 Å². The van der Waals surface area contributed by atoms with E-state index in [9.17, 15) is 0 Å². The van der Waals surface area contributed by atoms with Gasteiger partial charge in [-0.3, -0.25) is 14.3 Å². The van der Waals surface area contributed by atoms with Crippen LogP contribution >= 0.6 is 11.6 Å². The lowest BCUT2D eigenvalue weighted by Crippen LogP contribution is -1.99. The Morgan fingerprint density at radius 2 is 1.63 bits per heavy atom. The third-order valence-electron chi connectivity index (χ3n) is 4.97. The van der Waals surface area contributed by atoms with E-state index in [1.807, 2.05) is 63.1 Å². The van der Waals surface area contributed by atoms with E-state index in [-0.39, 0.29) is 0 Å². The number of halogens is 1. The third kappa shape index (κ3) is 3.44. The van der Waals surface area contributed by atoms with Crippen LogP contribution in [0.15, 0.2) is 61.4 Å². The molecule has 5 aromatic rings. The number of pyridine rings is 1. The Morgan fingerprint density at radius 1 is 0.867 bits per heavy atom. The van der Waals surface area contributed by atoms with Gasteiger partial charge in [0, 0.05) is 66.8 Å². The normalized spacial score (nSPS) is 11.3. The van der Waals surface area contributed by atoms with Gasteiger partial charge < -0.3 is 0 Å². The maximum Gasteiger partial charge on any atom is 0.133 e. The van der Waals surface area contributed by atoms with Crippen LogP contribution in [0.4, 0.5) is 0 Å². The molecule has 5 rings (SSSR count). The maximum absolute atomic E-state index is 6.58. The van der Waals surface area contributed by atoms with Gasteiger partial charge in [0.1, 0.15) is 11.3 Å². The van der Waals surface area contributed by atoms with Crippen molar-refractivity contribution in [2.45, 2.75) is 6.42 Å². The molecule has 148 valence electrons. The molecule has 7 nitrogen and oxygen atoms in total. The van der Waals surface area contributed by atoms with E-state index < -0.39 is 0 Å². The maximum atomic E-state index is 6.58. The van der Waals surface area contributed by atoms with Crippen molar-refractivity contribution < 1.29 is 0 Å². The fraction of sp³-hybridized carbons (Fsp3) is 0.136. The lowest BCUT2D eigenvalue weighted by atomic mass is 10.0. The average molecular weight is 416 g/mol. The summed E-state index contributed by atoms with van der Waals surface area (Å²) in [6.45, 7) is 0. The number of aryl methyl sites for hydroxylation is 2. The summed E-state index contributed by atoms with van der Waals surface area (Å²) in [6.07, 6.45) is 11.6. The molecule has 0 N–H and O–H groups in total. The highest BCUT2D eigenvalue weighted by Gasteiger charge is 2.12. The molecule has 0 unspecified atom stereocenters. The number of rotatable bonds is 4. The monoisotopic (exact) mass is 415 g/mol. The molecule has 8 heteroatoms. The first-order valence-corrected chi connectivity index (χ1v) is 9.82. The summed E-state index contributed by atoms with van der Waals surface area (Å²) in [5, 5.41) is 10.1. The summed E-state index contributed by atoms with van der Waals surface area (Å²) in [4.78, 5) is 13.9. The minimum absolute atomic E-state index is 0.531. The van der Waals surface area contributed by atoms with Crippen molar-refractivity contribution in [1.29, 1.82) is 0 Å². The van der Waals surface area contributed by atoms with Gasteiger partial charge in [0.25, 0.3) is 0 Å². The molecule has 0 radical (unpaired) electrons. The van der Waals surface area contributed by atoms with Gasteiger partial charge in [0.05, 0.1) is 18.1 Å². The number of fused-ring (bicyclic) bond motifs is 1. The van der Waals surface area contributed by atoms with Gasteiger partial charge in [-0.1, -0.05) is 23.7 Å². The van der Waals surface area contributed by atoms with Gasteiger partial charge in [-0.05, 0) is 23.3 Å². The minimum Gasteiger partial charge on any atom is -0.275 e. The van der Waals surface area contributed by atoms with Gasteiger partial charge in [-0.25, -0.2) is 9.97 Å². The fourth-order valence-electron chi connectivity index (χ4n) is 3.44. The first kappa shape index (κ1) is 18.4. The SMILES string of the molecule is Cn1cc(-c2ccc(Cc3ncc4ccnc(-c5cnn(C)c5)c4n3)c(Cl)c2)cn1. The van der Waals surface area contributed by atoms with E-state index in [0.29, 0.717) is 17.3 Å². The summed E-state index contributed by atoms with van der Waals surface area (Å²) in [5.74, 6) is 0.691. The Labute approximate surface area is 178 Å². The number of hydrogen-bond donors (Lipinski definition) is 0. The van der Waals surface area contributed by atoms with E-state index >= 15 is 0 Å². The van der Waals surface area contributed by atoms with Crippen LogP contribution in [-0.4, -0.2) is 34.5 Å². The van der Waals surface area contributed by atoms with E-state index in [2.05, 4.69) is 20.2 Å². The molecule has 0 amide bonds. The van der Waals surface area contributed by atoms with Crippen molar-refractivity contribution in [3.05, 3.63) is 77.9 Å². The number of aromatic nitrogens is 7. The predicted molar refractivity (Wildman–Crippen MR) is 116 cm³/mol. The molecule has 4 aromatic heterocycles. The van der Waals surface area contributed by atoms with Crippen molar-refractivity contribution in [2.75, 3.05) is 0 Å². The Balaban J connectivity index is 1.50. The van der Waals surface area contributed by atoms with E-state index in [1.165, 1.54) is 0 Å². The second kappa shape index (κ2) is 7.35. The van der Waals surface area contributed by atoms with Crippen molar-refractivity contribution >= 4 is 22.5 Å². The molecule has 0 fully saturated rings. The summed E-state index contributed by atoms with van der Waals surface area (Å²) >= 11 is 6.58. The number of benzene rings is 1. The van der Waals surface area contributed by atoms with Crippen LogP contribution in [0.1, 0.15) is 11.4 Å². The molecule has 0 aliphatic heterocycles. The topological polar surface area (TPSA) is 74.3 Å². The molecular formula is C22H18ClN7. The molecular weight excluding hydrogens is 398 g/mol. The molecule has 0 saturated heterocycles. The molecule has 0 bridgehead atoms. The predicted octanol–water partition coefficient (Wildman–Crippen LogP) is 4.07. The third-order valence-corrected chi connectivity index (χ3v) is 5.32. The van der Waals surface area contributed by atoms with Crippen LogP contribution in [0.5, 0.6) is 0 Å². The second-order valence-electron chi connectivity index (χ2n) is 7.17. The number of hydrogen-bond acceptors (Lipinski definition) is 5. The molecule has 0 aliphatic rings. The van der Waals surface area contributed by atoms with Crippen molar-refractivity contribution in [3.8, 4) is 22.4 Å². The standard InChI is InChI=1S/C22H18ClN7/c1-29-12-17(10-26-29)14-3-4-15(19(23)7-14)8-20-25-9-16-5-6-24-21(22(16)28-20)18-11-27-30(2)13-18/h3-7,9-13H,8H2,1-2H3. The van der Waals surface area contributed by atoms with E-state index in [4.69, 9.17) is 16.6 Å². The minimum atomic E-state index is 0.531. The van der Waals surface area contributed by atoms with Crippen molar-refractivity contribution in [3.63, 3.8) is 0 Å². The van der Waals surface area contributed by atoms with Gasteiger partial charge in [0.15, 0.2) is 0 Å². The van der Waals surface area contributed by atoms with Crippen molar-refractivity contribution in [2.24, 2.45) is 14.1 Å². The first-order valence-electron chi connectivity index (χ1n) is 9.44. The number of nitrogens with zero attached hydrogens (tertiary/aromatic N) is 7. The second-order valence-corrected chi connectivity index (χ2v) is 7.58. The summed E-state index contributed by atoms with van der Waals surface area (Å²) < 4.78 is 3.52. The summed E-state index contributed by atoms with van der Waals surface area (Å²) in [6, 6.07) is 7.93. The molecule has 0 aliphatic carbocycles. The van der Waals surface area contributed by atoms with Crippen LogP contribution in [0.3, 0.4) is 0 Å². The van der Waals surface area contributed by atoms with Crippen LogP contribution in [0.25, 0.3) is 33.3 Å². The lowest BCUT2D eigenvalue weighted by molar-refractivity contribution is 0.768. The van der Waals surface area contributed by atoms with Crippen LogP contribution in [0, 0.1) is 0 Å². The van der Waals surface area contributed by atoms with Gasteiger partial charge in [-0.15, -0.1) is 0 Å². The Morgan fingerprint density at radius 3 is 2.33 bits per heavy atom. The molecule has 30 heavy (non-hydrogen) atoms. The molecule has 0 saturated carbocycles. The van der Waals surface area contributed by atoms with Crippen LogP contribution < -0.4 is 0 Å². The molecule has 0 spiro atoms. The zero-order chi connectivity index (χ0) is 20.7. The fourth-order valence-corrected chi connectivity index (χ4v) is 3.69. The van der Waals surface area contributed by atoms with Crippen LogP contribution in [0.2, 0.25) is 5.02 Å². The Kier molecular flexibility index (Phi) is 4.52. The average Bonchev–Trinajstić information content (AvgIpc) is 3.37. The highest BCUT2D eigenvalue weighted by molar-refractivity contribution is 6.31. The quantitative estimate of drug-likeness (QED) is 0.442. The smallest absolute Gasteiger partial charge is 0.133 e. The summed E-state index contributed by atoms with van der Waals surface area (Å²) in [7, 11) is 3.78. The highest BCUT2D eigenvalue weighted by Crippen LogP contribution is 2.28. The molecule has 0 atom stereocenters. The largest absolute Gasteiger partial charge is 0.275 e. The van der Waals surface area contributed by atoms with Crippen LogP contribution in [-0.2, 0) is 20.5 Å². The van der Waals surface area contributed by atoms with Gasteiger partial charge in [-0.2, -0.15) is 10.2 Å². The van der Waals surface area contributed by atoms with E-state index in [0.717, 1.165) is 38.9 Å².